The molecule has 0 amide bonds. The lowest BCUT2D eigenvalue weighted by Crippen LogP contribution is -2.22. The van der Waals surface area contributed by atoms with Crippen LogP contribution in [0.15, 0.2) is 6.20 Å². The van der Waals surface area contributed by atoms with Crippen molar-refractivity contribution < 1.29 is 4.74 Å². The van der Waals surface area contributed by atoms with Crippen molar-refractivity contribution >= 4 is 0 Å². The number of nitrogens with one attached hydrogen (secondary N) is 1. The van der Waals surface area contributed by atoms with E-state index in [9.17, 15) is 0 Å². The summed E-state index contributed by atoms with van der Waals surface area (Å²) in [7, 11) is 0. The molecule has 0 aliphatic rings. The average molecular weight is 254 g/mol. The maximum absolute atomic E-state index is 5.49. The first-order chi connectivity index (χ1) is 8.39. The number of hydrogen-bond acceptors (Lipinski definition) is 4. The Morgan fingerprint density at radius 2 is 2.11 bits per heavy atom. The zero-order valence-corrected chi connectivity index (χ0v) is 12.2. The number of nitrogens with zero attached hydrogens (tertiary/aromatic N) is 3. The molecule has 104 valence electrons. The van der Waals surface area contributed by atoms with E-state index in [1.807, 2.05) is 10.9 Å². The van der Waals surface area contributed by atoms with Gasteiger partial charge in [0.1, 0.15) is 0 Å². The summed E-state index contributed by atoms with van der Waals surface area (Å²) < 4.78 is 7.38. The molecular weight excluding hydrogens is 228 g/mol. The topological polar surface area (TPSA) is 52.0 Å². The van der Waals surface area contributed by atoms with Crippen molar-refractivity contribution in [1.82, 2.24) is 20.3 Å². The fraction of sp³-hybridized carbons (Fsp3) is 0.846. The molecule has 0 spiro atoms. The second-order valence-corrected chi connectivity index (χ2v) is 5.97. The number of rotatable bonds is 7. The van der Waals surface area contributed by atoms with E-state index in [4.69, 9.17) is 4.74 Å². The Morgan fingerprint density at radius 1 is 1.39 bits per heavy atom. The lowest BCUT2D eigenvalue weighted by Gasteiger charge is -2.17. The van der Waals surface area contributed by atoms with Gasteiger partial charge in [-0.1, -0.05) is 19.1 Å². The number of ether oxygens (including phenoxy) is 1. The highest BCUT2D eigenvalue weighted by molar-refractivity contribution is 4.93. The highest BCUT2D eigenvalue weighted by atomic mass is 16.5. The van der Waals surface area contributed by atoms with Crippen LogP contribution >= 0.6 is 0 Å². The van der Waals surface area contributed by atoms with E-state index >= 15 is 0 Å². The minimum atomic E-state index is -0.00831. The quantitative estimate of drug-likeness (QED) is 0.754. The molecule has 0 saturated heterocycles. The third-order valence-corrected chi connectivity index (χ3v) is 2.41. The molecular formula is C13H26N4O. The molecule has 0 saturated carbocycles. The van der Waals surface area contributed by atoms with E-state index in [1.165, 1.54) is 0 Å². The molecule has 1 aromatic heterocycles. The Hall–Kier alpha value is -0.940. The molecule has 18 heavy (non-hydrogen) atoms. The number of aromatic nitrogens is 3. The van der Waals surface area contributed by atoms with Crippen molar-refractivity contribution in [2.45, 2.75) is 46.7 Å². The molecule has 5 nitrogen and oxygen atoms in total. The summed E-state index contributed by atoms with van der Waals surface area (Å²) >= 11 is 0. The van der Waals surface area contributed by atoms with Crippen molar-refractivity contribution in [2.24, 2.45) is 5.92 Å². The van der Waals surface area contributed by atoms with Gasteiger partial charge in [0.25, 0.3) is 0 Å². The molecule has 0 radical (unpaired) electrons. The summed E-state index contributed by atoms with van der Waals surface area (Å²) in [5.74, 6) is 0.594. The van der Waals surface area contributed by atoms with Gasteiger partial charge in [-0.25, -0.2) is 4.68 Å². The molecule has 1 N–H and O–H groups in total. The molecule has 0 bridgehead atoms. The van der Waals surface area contributed by atoms with Crippen LogP contribution in [-0.4, -0.2) is 34.8 Å². The van der Waals surface area contributed by atoms with E-state index in [-0.39, 0.29) is 5.54 Å². The largest absolute Gasteiger partial charge is 0.380 e. The standard InChI is InChI=1S/C13H26N4O/c1-11(2)10-18-7-6-14-8-12-9-17(16-15-12)13(3,4)5/h9,11,14H,6-8,10H2,1-5H3. The van der Waals surface area contributed by atoms with Gasteiger partial charge in [0.05, 0.1) is 24.0 Å². The van der Waals surface area contributed by atoms with Gasteiger partial charge in [0, 0.05) is 19.7 Å². The predicted molar refractivity (Wildman–Crippen MR) is 72.4 cm³/mol. The van der Waals surface area contributed by atoms with Crippen LogP contribution in [0.25, 0.3) is 0 Å². The van der Waals surface area contributed by atoms with Gasteiger partial charge in [0.2, 0.25) is 0 Å². The van der Waals surface area contributed by atoms with Gasteiger partial charge < -0.3 is 10.1 Å². The van der Waals surface area contributed by atoms with Crippen LogP contribution in [0.5, 0.6) is 0 Å². The molecule has 0 fully saturated rings. The number of hydrogen-bond donors (Lipinski definition) is 1. The maximum atomic E-state index is 5.49. The van der Waals surface area contributed by atoms with E-state index in [1.54, 1.807) is 0 Å². The highest BCUT2D eigenvalue weighted by Gasteiger charge is 2.14. The van der Waals surface area contributed by atoms with E-state index in [0.717, 1.165) is 32.0 Å². The maximum Gasteiger partial charge on any atom is 0.0965 e. The molecule has 0 aliphatic heterocycles. The van der Waals surface area contributed by atoms with E-state index < -0.39 is 0 Å². The summed E-state index contributed by atoms with van der Waals surface area (Å²) in [6, 6.07) is 0. The van der Waals surface area contributed by atoms with Gasteiger partial charge in [-0.15, -0.1) is 5.10 Å². The molecule has 0 aliphatic carbocycles. The van der Waals surface area contributed by atoms with Crippen molar-refractivity contribution in [2.75, 3.05) is 19.8 Å². The summed E-state index contributed by atoms with van der Waals surface area (Å²) in [5, 5.41) is 11.6. The van der Waals surface area contributed by atoms with Gasteiger partial charge in [-0.3, -0.25) is 0 Å². The molecule has 5 heteroatoms. The Labute approximate surface area is 110 Å². The van der Waals surface area contributed by atoms with Crippen LogP contribution < -0.4 is 5.32 Å². The summed E-state index contributed by atoms with van der Waals surface area (Å²) in [4.78, 5) is 0. The predicted octanol–water partition coefficient (Wildman–Crippen LogP) is 1.80. The zero-order valence-electron chi connectivity index (χ0n) is 12.2. The van der Waals surface area contributed by atoms with Crippen LogP contribution in [0, 0.1) is 5.92 Å². The average Bonchev–Trinajstić information content (AvgIpc) is 2.71. The molecule has 0 aromatic carbocycles. The minimum Gasteiger partial charge on any atom is -0.380 e. The summed E-state index contributed by atoms with van der Waals surface area (Å²) in [6.07, 6.45) is 1.99. The lowest BCUT2D eigenvalue weighted by molar-refractivity contribution is 0.111. The smallest absolute Gasteiger partial charge is 0.0965 e. The first-order valence-electron chi connectivity index (χ1n) is 6.60. The minimum absolute atomic E-state index is 0.00831. The van der Waals surface area contributed by atoms with Gasteiger partial charge in [0.15, 0.2) is 0 Å². The van der Waals surface area contributed by atoms with Gasteiger partial charge >= 0.3 is 0 Å². The van der Waals surface area contributed by atoms with Crippen LogP contribution in [0.2, 0.25) is 0 Å². The second-order valence-electron chi connectivity index (χ2n) is 5.97. The van der Waals surface area contributed by atoms with Gasteiger partial charge in [-0.2, -0.15) is 0 Å². The van der Waals surface area contributed by atoms with Crippen LogP contribution in [0.3, 0.4) is 0 Å². The molecule has 1 aromatic rings. The van der Waals surface area contributed by atoms with Crippen molar-refractivity contribution in [3.63, 3.8) is 0 Å². The first kappa shape index (κ1) is 15.1. The van der Waals surface area contributed by atoms with Crippen molar-refractivity contribution in [3.8, 4) is 0 Å². The third-order valence-electron chi connectivity index (χ3n) is 2.41. The Morgan fingerprint density at radius 3 is 2.67 bits per heavy atom. The fourth-order valence-electron chi connectivity index (χ4n) is 1.39. The summed E-state index contributed by atoms with van der Waals surface area (Å²) in [5.41, 5.74) is 0.958. The summed E-state index contributed by atoms with van der Waals surface area (Å²) in [6.45, 7) is 13.8. The van der Waals surface area contributed by atoms with Crippen LogP contribution in [0.1, 0.15) is 40.3 Å². The Balaban J connectivity index is 2.18. The van der Waals surface area contributed by atoms with E-state index in [0.29, 0.717) is 5.92 Å². The van der Waals surface area contributed by atoms with Crippen LogP contribution in [0.4, 0.5) is 0 Å². The van der Waals surface area contributed by atoms with Crippen molar-refractivity contribution in [1.29, 1.82) is 0 Å². The Kier molecular flexibility index (Phi) is 5.75. The Bertz CT molecular complexity index is 341. The zero-order chi connectivity index (χ0) is 13.6. The monoisotopic (exact) mass is 254 g/mol. The first-order valence-corrected chi connectivity index (χ1v) is 6.60. The SMILES string of the molecule is CC(C)COCCNCc1cn(C(C)(C)C)nn1. The third kappa shape index (κ3) is 5.60. The highest BCUT2D eigenvalue weighted by Crippen LogP contribution is 2.11. The molecule has 1 rings (SSSR count). The van der Waals surface area contributed by atoms with Crippen molar-refractivity contribution in [3.05, 3.63) is 11.9 Å². The fourth-order valence-corrected chi connectivity index (χ4v) is 1.39. The molecule has 0 atom stereocenters. The second kappa shape index (κ2) is 6.85. The normalized spacial score (nSPS) is 12.3. The van der Waals surface area contributed by atoms with Gasteiger partial charge in [-0.05, 0) is 26.7 Å². The van der Waals surface area contributed by atoms with Crippen LogP contribution in [-0.2, 0) is 16.8 Å². The van der Waals surface area contributed by atoms with E-state index in [2.05, 4.69) is 50.2 Å². The molecule has 1 heterocycles. The molecule has 0 unspecified atom stereocenters. The lowest BCUT2D eigenvalue weighted by atomic mass is 10.1.